The van der Waals surface area contributed by atoms with Gasteiger partial charge < -0.3 is 9.32 Å². The number of hydrogen-bond acceptors (Lipinski definition) is 5. The molecule has 1 aromatic heterocycles. The number of aromatic nitrogens is 1. The van der Waals surface area contributed by atoms with E-state index in [1.807, 2.05) is 29.2 Å². The highest BCUT2D eigenvalue weighted by molar-refractivity contribution is 7.91. The summed E-state index contributed by atoms with van der Waals surface area (Å²) in [5, 5.41) is -0.247. The fourth-order valence-corrected chi connectivity index (χ4v) is 5.10. The minimum absolute atomic E-state index is 0.0690. The van der Waals surface area contributed by atoms with Gasteiger partial charge in [-0.1, -0.05) is 24.3 Å². The van der Waals surface area contributed by atoms with Crippen molar-refractivity contribution in [2.75, 3.05) is 11.4 Å². The number of rotatable bonds is 4. The van der Waals surface area contributed by atoms with Crippen LogP contribution in [-0.2, 0) is 22.8 Å². The van der Waals surface area contributed by atoms with Crippen LogP contribution in [0.15, 0.2) is 87.1 Å². The highest BCUT2D eigenvalue weighted by Crippen LogP contribution is 2.36. The Labute approximate surface area is 183 Å². The van der Waals surface area contributed by atoms with Crippen molar-refractivity contribution in [3.63, 3.8) is 0 Å². The number of benzene rings is 3. The second-order valence-electron chi connectivity index (χ2n) is 7.53. The molecule has 2 heterocycles. The fourth-order valence-electron chi connectivity index (χ4n) is 3.78. The number of halogens is 2. The maximum Gasteiger partial charge on any atom is 0.236 e. The highest BCUT2D eigenvalue weighted by Gasteiger charge is 2.32. The van der Waals surface area contributed by atoms with Crippen molar-refractivity contribution in [3.8, 4) is 11.5 Å². The van der Waals surface area contributed by atoms with E-state index in [-0.39, 0.29) is 21.7 Å². The molecule has 0 saturated heterocycles. The molecular weight excluding hydrogens is 434 g/mol. The lowest BCUT2D eigenvalue weighted by atomic mass is 10.0. The SMILES string of the molecule is O=S(=O)(c1ccc(F)cc1)c1nc(-c2ccc(F)cc2)oc1N1CCc2ccccc2C1. The summed E-state index contributed by atoms with van der Waals surface area (Å²) < 4.78 is 59.6. The van der Waals surface area contributed by atoms with E-state index >= 15 is 0 Å². The molecule has 0 unspecified atom stereocenters. The number of hydrogen-bond donors (Lipinski definition) is 0. The van der Waals surface area contributed by atoms with Gasteiger partial charge >= 0.3 is 0 Å². The Hall–Kier alpha value is -3.52. The number of fused-ring (bicyclic) bond motifs is 1. The third kappa shape index (κ3) is 3.67. The van der Waals surface area contributed by atoms with E-state index in [0.717, 1.165) is 24.1 Å². The number of nitrogens with zero attached hydrogens (tertiary/aromatic N) is 2. The average molecular weight is 452 g/mol. The van der Waals surface area contributed by atoms with Gasteiger partial charge in [0.05, 0.1) is 4.90 Å². The van der Waals surface area contributed by atoms with Crippen molar-refractivity contribution in [1.82, 2.24) is 4.98 Å². The first-order chi connectivity index (χ1) is 15.4. The van der Waals surface area contributed by atoms with Crippen molar-refractivity contribution < 1.29 is 21.6 Å². The van der Waals surface area contributed by atoms with Crippen LogP contribution in [0, 0.1) is 11.6 Å². The minimum atomic E-state index is -4.10. The van der Waals surface area contributed by atoms with Crippen LogP contribution in [0.5, 0.6) is 0 Å². The molecule has 0 amide bonds. The van der Waals surface area contributed by atoms with Crippen LogP contribution in [0.2, 0.25) is 0 Å². The van der Waals surface area contributed by atoms with Crippen LogP contribution >= 0.6 is 0 Å². The number of sulfone groups is 1. The van der Waals surface area contributed by atoms with Crippen LogP contribution in [0.25, 0.3) is 11.5 Å². The lowest BCUT2D eigenvalue weighted by Crippen LogP contribution is -2.31. The molecule has 1 aliphatic rings. The summed E-state index contributed by atoms with van der Waals surface area (Å²) in [6.45, 7) is 1.00. The van der Waals surface area contributed by atoms with Crippen LogP contribution < -0.4 is 4.90 Å². The molecule has 0 spiro atoms. The first-order valence-corrected chi connectivity index (χ1v) is 11.5. The molecule has 3 aromatic carbocycles. The summed E-state index contributed by atoms with van der Waals surface area (Å²) in [5.74, 6) is -0.779. The molecule has 5 nitrogen and oxygen atoms in total. The molecular formula is C24H18F2N2O3S. The normalized spacial score (nSPS) is 13.8. The van der Waals surface area contributed by atoms with Crippen molar-refractivity contribution in [3.05, 3.63) is 95.6 Å². The van der Waals surface area contributed by atoms with Gasteiger partial charge in [-0.25, -0.2) is 17.2 Å². The maximum absolute atomic E-state index is 13.4. The van der Waals surface area contributed by atoms with Crippen molar-refractivity contribution in [1.29, 1.82) is 0 Å². The van der Waals surface area contributed by atoms with Crippen molar-refractivity contribution in [2.24, 2.45) is 0 Å². The number of oxazole rings is 1. The van der Waals surface area contributed by atoms with Gasteiger partial charge in [-0.15, -0.1) is 0 Å². The lowest BCUT2D eigenvalue weighted by Gasteiger charge is -2.28. The van der Waals surface area contributed by atoms with Crippen LogP contribution in [0.4, 0.5) is 14.7 Å². The summed E-state index contributed by atoms with van der Waals surface area (Å²) in [6.07, 6.45) is 0.721. The predicted octanol–water partition coefficient (Wildman–Crippen LogP) is 5.02. The Morgan fingerprint density at radius 3 is 2.16 bits per heavy atom. The van der Waals surface area contributed by atoms with E-state index in [0.29, 0.717) is 18.7 Å². The molecule has 0 bridgehead atoms. The van der Waals surface area contributed by atoms with E-state index in [2.05, 4.69) is 4.98 Å². The second kappa shape index (κ2) is 7.87. The van der Waals surface area contributed by atoms with Gasteiger partial charge in [-0.2, -0.15) is 4.98 Å². The Morgan fingerprint density at radius 1 is 0.844 bits per heavy atom. The van der Waals surface area contributed by atoms with E-state index in [1.54, 1.807) is 0 Å². The molecule has 162 valence electrons. The van der Waals surface area contributed by atoms with Crippen LogP contribution in [0.3, 0.4) is 0 Å². The first kappa shape index (κ1) is 20.4. The monoisotopic (exact) mass is 452 g/mol. The summed E-state index contributed by atoms with van der Waals surface area (Å²) in [5.41, 5.74) is 2.72. The summed E-state index contributed by atoms with van der Waals surface area (Å²) >= 11 is 0. The quantitative estimate of drug-likeness (QED) is 0.407. The van der Waals surface area contributed by atoms with Crippen LogP contribution in [0.1, 0.15) is 11.1 Å². The number of anilines is 1. The highest BCUT2D eigenvalue weighted by atomic mass is 32.2. The third-order valence-corrected chi connectivity index (χ3v) is 7.13. The Morgan fingerprint density at radius 2 is 1.47 bits per heavy atom. The molecule has 0 N–H and O–H groups in total. The molecule has 1 aliphatic heterocycles. The van der Waals surface area contributed by atoms with Crippen molar-refractivity contribution >= 4 is 15.7 Å². The zero-order valence-corrected chi connectivity index (χ0v) is 17.6. The molecule has 0 aliphatic carbocycles. The topological polar surface area (TPSA) is 63.4 Å². The van der Waals surface area contributed by atoms with Gasteiger partial charge in [0.15, 0.2) is 0 Å². The Balaban J connectivity index is 1.63. The molecule has 0 fully saturated rings. The van der Waals surface area contributed by atoms with E-state index in [9.17, 15) is 17.2 Å². The van der Waals surface area contributed by atoms with Gasteiger partial charge in [0.25, 0.3) is 0 Å². The van der Waals surface area contributed by atoms with Gasteiger partial charge in [-0.3, -0.25) is 0 Å². The molecule has 32 heavy (non-hydrogen) atoms. The standard InChI is InChI=1S/C24H18F2N2O3S/c25-19-7-5-17(6-8-19)22-27-23(32(29,30)21-11-9-20(26)10-12-21)24(31-22)28-14-13-16-3-1-2-4-18(16)15-28/h1-12H,13-15H2. The zero-order chi connectivity index (χ0) is 22.3. The smallest absolute Gasteiger partial charge is 0.236 e. The molecule has 0 radical (unpaired) electrons. The van der Waals surface area contributed by atoms with Gasteiger partial charge in [0.2, 0.25) is 26.6 Å². The predicted molar refractivity (Wildman–Crippen MR) is 115 cm³/mol. The first-order valence-electron chi connectivity index (χ1n) is 10.0. The maximum atomic E-state index is 13.4. The Bertz CT molecular complexity index is 1380. The minimum Gasteiger partial charge on any atom is -0.419 e. The summed E-state index contributed by atoms with van der Waals surface area (Å²) in [7, 11) is -4.10. The average Bonchev–Trinajstić information content (AvgIpc) is 3.26. The third-order valence-electron chi connectivity index (χ3n) is 5.47. The molecule has 0 atom stereocenters. The van der Waals surface area contributed by atoms with E-state index in [4.69, 9.17) is 4.42 Å². The lowest BCUT2D eigenvalue weighted by molar-refractivity contribution is 0.533. The summed E-state index contributed by atoms with van der Waals surface area (Å²) in [6, 6.07) is 18.0. The van der Waals surface area contributed by atoms with Crippen molar-refractivity contribution in [2.45, 2.75) is 22.9 Å². The van der Waals surface area contributed by atoms with E-state index in [1.165, 1.54) is 42.0 Å². The van der Waals surface area contributed by atoms with Gasteiger partial charge in [0, 0.05) is 18.7 Å². The fraction of sp³-hybridized carbons (Fsp3) is 0.125. The largest absolute Gasteiger partial charge is 0.419 e. The van der Waals surface area contributed by atoms with E-state index < -0.39 is 21.5 Å². The zero-order valence-electron chi connectivity index (χ0n) is 16.8. The summed E-state index contributed by atoms with van der Waals surface area (Å²) in [4.78, 5) is 6.04. The van der Waals surface area contributed by atoms with Gasteiger partial charge in [-0.05, 0) is 66.1 Å². The van der Waals surface area contributed by atoms with Gasteiger partial charge in [0.1, 0.15) is 11.6 Å². The molecule has 5 rings (SSSR count). The molecule has 4 aromatic rings. The Kier molecular flexibility index (Phi) is 5.01. The second-order valence-corrected chi connectivity index (χ2v) is 9.40. The molecule has 0 saturated carbocycles. The molecule has 8 heteroatoms. The van der Waals surface area contributed by atoms with Crippen LogP contribution in [-0.4, -0.2) is 19.9 Å².